The van der Waals surface area contributed by atoms with Crippen LogP contribution in [0.4, 0.5) is 0 Å². The number of hydrogen-bond donors (Lipinski definition) is 9. The fourth-order valence-electron chi connectivity index (χ4n) is 13.7. The van der Waals surface area contributed by atoms with Gasteiger partial charge in [0, 0.05) is 6.42 Å². The van der Waals surface area contributed by atoms with Crippen molar-refractivity contribution in [3.8, 4) is 0 Å². The van der Waals surface area contributed by atoms with Gasteiger partial charge in [-0.3, -0.25) is 4.79 Å². The van der Waals surface area contributed by atoms with E-state index >= 15 is 0 Å². The first-order chi connectivity index (χ1) is 51.1. The van der Waals surface area contributed by atoms with Crippen LogP contribution < -0.4 is 5.32 Å². The van der Waals surface area contributed by atoms with E-state index in [0.29, 0.717) is 12.8 Å². The number of unbranched alkanes of at least 4 members (excludes halogenated alkanes) is 43. The summed E-state index contributed by atoms with van der Waals surface area (Å²) in [7, 11) is 0. The Kier molecular flexibility index (Phi) is 67.4. The molecule has 2 heterocycles. The van der Waals surface area contributed by atoms with E-state index in [0.717, 1.165) is 77.0 Å². The second-order valence-corrected chi connectivity index (χ2v) is 29.9. The lowest BCUT2D eigenvalue weighted by atomic mass is 9.97. The summed E-state index contributed by atoms with van der Waals surface area (Å²) >= 11 is 0. The van der Waals surface area contributed by atoms with E-state index in [9.17, 15) is 45.6 Å². The van der Waals surface area contributed by atoms with E-state index in [-0.39, 0.29) is 18.9 Å². The summed E-state index contributed by atoms with van der Waals surface area (Å²) in [6.07, 6.45) is 89.0. The van der Waals surface area contributed by atoms with Crippen LogP contribution in [0.5, 0.6) is 0 Å². The monoisotopic (exact) mass is 1460 g/mol. The minimum atomic E-state index is -1.80. The van der Waals surface area contributed by atoms with Crippen LogP contribution in [-0.2, 0) is 23.7 Å². The molecule has 14 heteroatoms. The quantitative estimate of drug-likeness (QED) is 0.0204. The van der Waals surface area contributed by atoms with Gasteiger partial charge in [0.25, 0.3) is 0 Å². The summed E-state index contributed by atoms with van der Waals surface area (Å²) < 4.78 is 22.9. The minimum absolute atomic E-state index is 0.248. The maximum absolute atomic E-state index is 13.4. The van der Waals surface area contributed by atoms with Gasteiger partial charge in [-0.15, -0.1) is 0 Å². The van der Waals surface area contributed by atoms with E-state index in [4.69, 9.17) is 18.9 Å². The highest BCUT2D eigenvalue weighted by atomic mass is 16.7. The van der Waals surface area contributed by atoms with Crippen LogP contribution in [0.25, 0.3) is 0 Å². The predicted molar refractivity (Wildman–Crippen MR) is 433 cm³/mol. The highest BCUT2D eigenvalue weighted by Gasteiger charge is 2.51. The summed E-state index contributed by atoms with van der Waals surface area (Å²) in [4.78, 5) is 13.4. The second kappa shape index (κ2) is 72.5. The topological polar surface area (TPSA) is 228 Å². The SMILES string of the molecule is CC/C=C\C/C=C\C/C=C\C/C=C\C/C=C\C/C=C\C/C=C\CCCCCCCCCCCCCCCCCC(=O)NC(COC1OC(CO)C(OC2OC(CO)C(O)C(O)C2O)C(O)C1O)C(O)/C=C/CC/C=C/CCCCCCCCCCCCCCCCCCCCCCCCCCCCC. The molecule has 9 N–H and O–H groups in total. The van der Waals surface area contributed by atoms with Crippen molar-refractivity contribution in [1.82, 2.24) is 5.32 Å². The molecule has 104 heavy (non-hydrogen) atoms. The largest absolute Gasteiger partial charge is 0.394 e. The third-order valence-electron chi connectivity index (χ3n) is 20.4. The number of ether oxygens (including phenoxy) is 4. The highest BCUT2D eigenvalue weighted by molar-refractivity contribution is 5.76. The molecule has 0 aliphatic carbocycles. The molecule has 14 nitrogen and oxygen atoms in total. The normalized spacial score (nSPS) is 22.0. The van der Waals surface area contributed by atoms with E-state index < -0.39 is 86.8 Å². The fourth-order valence-corrected chi connectivity index (χ4v) is 13.7. The number of rotatable bonds is 72. The van der Waals surface area contributed by atoms with Gasteiger partial charge in [0.1, 0.15) is 48.8 Å². The van der Waals surface area contributed by atoms with Gasteiger partial charge in [0.2, 0.25) is 5.91 Å². The fraction of sp³-hybridized carbons (Fsp3) is 0.789. The Bertz CT molecular complexity index is 2170. The van der Waals surface area contributed by atoms with E-state index in [2.05, 4.69) is 116 Å². The van der Waals surface area contributed by atoms with Crippen LogP contribution in [-0.4, -0.2) is 140 Å². The molecule has 2 saturated heterocycles. The van der Waals surface area contributed by atoms with Gasteiger partial charge in [-0.1, -0.05) is 374 Å². The Morgan fingerprint density at radius 1 is 0.356 bits per heavy atom. The molecule has 0 spiro atoms. The molecular weight excluding hydrogens is 1300 g/mol. The van der Waals surface area contributed by atoms with Gasteiger partial charge in [0.15, 0.2) is 12.6 Å². The summed E-state index contributed by atoms with van der Waals surface area (Å²) in [5.41, 5.74) is 0. The Morgan fingerprint density at radius 2 is 0.673 bits per heavy atom. The molecule has 1 amide bonds. The van der Waals surface area contributed by atoms with E-state index in [1.165, 1.54) is 250 Å². The van der Waals surface area contributed by atoms with Crippen LogP contribution in [0.15, 0.2) is 109 Å². The molecule has 0 aromatic carbocycles. The number of aliphatic hydroxyl groups excluding tert-OH is 8. The maximum atomic E-state index is 13.4. The standard InChI is InChI=1S/C90H159NO13/c1-3-5-7-9-11-13-15-17-19-21-23-25-27-29-31-33-35-37-38-39-40-42-44-46-48-50-52-54-56-58-60-62-64-66-68-70-72-74-82(95)91-78(77-101-89-87(100)85(98)88(81(76-93)103-89)104-90-86(99)84(97)83(96)80(75-92)102-90)79(94)73-71-69-67-65-63-61-59-57-55-53-51-49-47-45-43-41-36-34-32-30-28-26-24-22-20-18-16-14-12-10-8-6-4-2/h5,7,11,13,17,19,23,25,29,31,35,37,39-40,63,65,71,73,78-81,83-90,92-94,96-100H,3-4,6,8-10,12,14-16,18,20-22,24,26-28,30,32-34,36,38,41-62,64,66-70,72,74-77H2,1-2H3,(H,91,95)/b7-5-,13-11-,19-17-,25-23-,31-29-,37-35-,40-39-,65-63+,73-71+. The van der Waals surface area contributed by atoms with E-state index in [1.807, 2.05) is 6.08 Å². The zero-order valence-electron chi connectivity index (χ0n) is 66.2. The van der Waals surface area contributed by atoms with Gasteiger partial charge in [-0.2, -0.15) is 0 Å². The molecule has 0 aromatic rings. The molecule has 0 bridgehead atoms. The first-order valence-electron chi connectivity index (χ1n) is 43.1. The van der Waals surface area contributed by atoms with Gasteiger partial charge >= 0.3 is 0 Å². The number of carbonyl (C=O) groups is 1. The van der Waals surface area contributed by atoms with Crippen LogP contribution in [0.2, 0.25) is 0 Å². The number of hydrogen-bond acceptors (Lipinski definition) is 13. The zero-order chi connectivity index (χ0) is 75.1. The molecule has 2 fully saturated rings. The van der Waals surface area contributed by atoms with Gasteiger partial charge in [-0.05, 0) is 89.9 Å². The smallest absolute Gasteiger partial charge is 0.220 e. The number of amides is 1. The summed E-state index contributed by atoms with van der Waals surface area (Å²) in [5, 5.41) is 87.8. The average molecular weight is 1460 g/mol. The maximum Gasteiger partial charge on any atom is 0.220 e. The number of carbonyl (C=O) groups excluding carboxylic acids is 1. The molecular formula is C90H159NO13. The third kappa shape index (κ3) is 54.3. The lowest BCUT2D eigenvalue weighted by Crippen LogP contribution is -2.65. The van der Waals surface area contributed by atoms with Crippen molar-refractivity contribution in [1.29, 1.82) is 0 Å². The van der Waals surface area contributed by atoms with Crippen LogP contribution >= 0.6 is 0 Å². The van der Waals surface area contributed by atoms with Gasteiger partial charge in [0.05, 0.1) is 32.0 Å². The minimum Gasteiger partial charge on any atom is -0.394 e. The van der Waals surface area contributed by atoms with Crippen molar-refractivity contribution in [2.45, 2.75) is 434 Å². The lowest BCUT2D eigenvalue weighted by Gasteiger charge is -2.46. The third-order valence-corrected chi connectivity index (χ3v) is 20.4. The molecule has 0 radical (unpaired) electrons. The number of nitrogens with one attached hydrogen (secondary N) is 1. The molecule has 0 saturated carbocycles. The highest BCUT2D eigenvalue weighted by Crippen LogP contribution is 2.30. The molecule has 2 aliphatic rings. The van der Waals surface area contributed by atoms with Crippen molar-refractivity contribution >= 4 is 5.91 Å². The second-order valence-electron chi connectivity index (χ2n) is 29.9. The Labute approximate surface area is 636 Å². The molecule has 2 rings (SSSR count). The summed E-state index contributed by atoms with van der Waals surface area (Å²) in [6.45, 7) is 2.71. The van der Waals surface area contributed by atoms with E-state index in [1.54, 1.807) is 6.08 Å². The Morgan fingerprint density at radius 3 is 1.06 bits per heavy atom. The van der Waals surface area contributed by atoms with Crippen LogP contribution in [0, 0.1) is 0 Å². The molecule has 12 unspecified atom stereocenters. The average Bonchev–Trinajstić information content (AvgIpc) is 0.790. The number of aliphatic hydroxyl groups is 8. The van der Waals surface area contributed by atoms with Crippen molar-refractivity contribution in [2.24, 2.45) is 0 Å². The molecule has 12 atom stereocenters. The Hall–Kier alpha value is -3.35. The molecule has 602 valence electrons. The van der Waals surface area contributed by atoms with Gasteiger partial charge < -0.3 is 65.1 Å². The van der Waals surface area contributed by atoms with Crippen molar-refractivity contribution in [3.05, 3.63) is 109 Å². The summed E-state index contributed by atoms with van der Waals surface area (Å²) in [5.74, 6) is -0.248. The first kappa shape index (κ1) is 96.7. The molecule has 2 aliphatic heterocycles. The lowest BCUT2D eigenvalue weighted by molar-refractivity contribution is -0.359. The predicted octanol–water partition coefficient (Wildman–Crippen LogP) is 20.6. The first-order valence-corrected chi connectivity index (χ1v) is 43.1. The van der Waals surface area contributed by atoms with Crippen molar-refractivity contribution in [3.63, 3.8) is 0 Å². The van der Waals surface area contributed by atoms with Crippen LogP contribution in [0.1, 0.15) is 361 Å². The van der Waals surface area contributed by atoms with Crippen molar-refractivity contribution < 1.29 is 64.6 Å². The Balaban J connectivity index is 1.60. The number of allylic oxidation sites excluding steroid dienone is 17. The zero-order valence-corrected chi connectivity index (χ0v) is 66.2. The summed E-state index contributed by atoms with van der Waals surface area (Å²) in [6, 6.07) is -0.940. The van der Waals surface area contributed by atoms with Gasteiger partial charge in [-0.25, -0.2) is 0 Å². The van der Waals surface area contributed by atoms with Crippen LogP contribution in [0.3, 0.4) is 0 Å². The van der Waals surface area contributed by atoms with Crippen molar-refractivity contribution in [2.75, 3.05) is 19.8 Å². The molecule has 0 aromatic heterocycles.